The summed E-state index contributed by atoms with van der Waals surface area (Å²) in [6.45, 7) is 0. The molecule has 0 saturated heterocycles. The van der Waals surface area contributed by atoms with Crippen molar-refractivity contribution in [2.24, 2.45) is 0 Å². The molecule has 1 saturated carbocycles. The van der Waals surface area contributed by atoms with Gasteiger partial charge >= 0.3 is 0 Å². The number of benzene rings is 1. The molecule has 3 atom stereocenters. The summed E-state index contributed by atoms with van der Waals surface area (Å²) in [7, 11) is 0. The Morgan fingerprint density at radius 1 is 1.42 bits per heavy atom. The second kappa shape index (κ2) is 5.86. The van der Waals surface area contributed by atoms with Gasteiger partial charge in [0.25, 0.3) is 0 Å². The maximum Gasteiger partial charge on any atom is 0.224 e. The zero-order valence-electron chi connectivity index (χ0n) is 10.1. The maximum atomic E-state index is 13.0. The molecule has 0 spiro atoms. The predicted molar refractivity (Wildman–Crippen MR) is 68.3 cm³/mol. The van der Waals surface area contributed by atoms with Gasteiger partial charge in [0.05, 0.1) is 29.7 Å². The topological polar surface area (TPSA) is 69.6 Å². The molecule has 0 radical (unpaired) electrons. The first-order valence-electron chi connectivity index (χ1n) is 6.07. The zero-order chi connectivity index (χ0) is 14.0. The molecule has 0 heterocycles. The van der Waals surface area contributed by atoms with Crippen molar-refractivity contribution < 1.29 is 19.4 Å². The van der Waals surface area contributed by atoms with E-state index in [-0.39, 0.29) is 17.4 Å². The van der Waals surface area contributed by atoms with Crippen molar-refractivity contribution in [3.63, 3.8) is 0 Å². The lowest BCUT2D eigenvalue weighted by Crippen LogP contribution is -2.43. The molecule has 1 amide bonds. The average Bonchev–Trinajstić information content (AvgIpc) is 2.66. The third-order valence-corrected chi connectivity index (χ3v) is 3.56. The number of carbonyl (C=O) groups is 1. The average molecular weight is 288 g/mol. The largest absolute Gasteiger partial charge is 0.390 e. The van der Waals surface area contributed by atoms with Crippen LogP contribution in [0, 0.1) is 5.82 Å². The number of rotatable bonds is 3. The minimum absolute atomic E-state index is 0.0263. The van der Waals surface area contributed by atoms with Crippen molar-refractivity contribution in [2.45, 2.75) is 37.5 Å². The Labute approximate surface area is 115 Å². The van der Waals surface area contributed by atoms with Crippen molar-refractivity contribution >= 4 is 17.5 Å². The lowest BCUT2D eigenvalue weighted by atomic mass is 10.1. The van der Waals surface area contributed by atoms with Gasteiger partial charge in [-0.15, -0.1) is 0 Å². The Bertz CT molecular complexity index is 483. The molecule has 1 aromatic rings. The van der Waals surface area contributed by atoms with Crippen LogP contribution in [-0.4, -0.2) is 34.4 Å². The summed E-state index contributed by atoms with van der Waals surface area (Å²) in [5, 5.41) is 21.6. The highest BCUT2D eigenvalue weighted by molar-refractivity contribution is 6.30. The van der Waals surface area contributed by atoms with Crippen molar-refractivity contribution in [3.8, 4) is 0 Å². The van der Waals surface area contributed by atoms with E-state index < -0.39 is 24.1 Å². The van der Waals surface area contributed by atoms with Crippen LogP contribution in [0.15, 0.2) is 18.2 Å². The minimum atomic E-state index is -0.930. The highest BCUT2D eigenvalue weighted by Crippen LogP contribution is 2.20. The fourth-order valence-corrected chi connectivity index (χ4v) is 2.41. The van der Waals surface area contributed by atoms with Gasteiger partial charge in [0.1, 0.15) is 5.82 Å². The Kier molecular flexibility index (Phi) is 4.39. The third-order valence-electron chi connectivity index (χ3n) is 3.27. The monoisotopic (exact) mass is 287 g/mol. The highest BCUT2D eigenvalue weighted by Gasteiger charge is 2.34. The number of aliphatic hydroxyl groups excluding tert-OH is 2. The van der Waals surface area contributed by atoms with E-state index in [1.54, 1.807) is 0 Å². The maximum absolute atomic E-state index is 13.0. The molecule has 19 heavy (non-hydrogen) atoms. The van der Waals surface area contributed by atoms with E-state index in [0.29, 0.717) is 18.4 Å². The molecule has 1 aliphatic rings. The van der Waals surface area contributed by atoms with E-state index in [2.05, 4.69) is 5.32 Å². The molecule has 0 aliphatic heterocycles. The van der Waals surface area contributed by atoms with Crippen LogP contribution in [0.25, 0.3) is 0 Å². The quantitative estimate of drug-likeness (QED) is 0.777. The molecule has 1 fully saturated rings. The summed E-state index contributed by atoms with van der Waals surface area (Å²) in [6.07, 6.45) is -0.655. The van der Waals surface area contributed by atoms with Crippen LogP contribution in [0.1, 0.15) is 18.4 Å². The van der Waals surface area contributed by atoms with Gasteiger partial charge < -0.3 is 15.5 Å². The van der Waals surface area contributed by atoms with Gasteiger partial charge in [-0.1, -0.05) is 17.7 Å². The molecule has 0 unspecified atom stereocenters. The molecular formula is C13H15ClFNO3. The van der Waals surface area contributed by atoms with Crippen molar-refractivity contribution in [1.82, 2.24) is 5.32 Å². The van der Waals surface area contributed by atoms with Crippen LogP contribution in [0.2, 0.25) is 5.02 Å². The third kappa shape index (κ3) is 3.43. The first kappa shape index (κ1) is 14.2. The summed E-state index contributed by atoms with van der Waals surface area (Å²) in [6, 6.07) is 3.66. The van der Waals surface area contributed by atoms with Crippen molar-refractivity contribution in [3.05, 3.63) is 34.6 Å². The molecular weight excluding hydrogens is 273 g/mol. The van der Waals surface area contributed by atoms with Gasteiger partial charge in [0, 0.05) is 0 Å². The number of aliphatic hydroxyl groups is 2. The Balaban J connectivity index is 1.92. The van der Waals surface area contributed by atoms with Crippen LogP contribution < -0.4 is 5.32 Å². The number of nitrogens with one attached hydrogen (secondary N) is 1. The molecule has 0 aromatic heterocycles. The summed E-state index contributed by atoms with van der Waals surface area (Å²) >= 11 is 5.63. The second-order valence-corrected chi connectivity index (χ2v) is 5.14. The van der Waals surface area contributed by atoms with Crippen LogP contribution in [-0.2, 0) is 11.2 Å². The normalized spacial score (nSPS) is 26.4. The van der Waals surface area contributed by atoms with Crippen LogP contribution >= 0.6 is 11.6 Å². The van der Waals surface area contributed by atoms with E-state index in [4.69, 9.17) is 11.6 Å². The molecule has 3 N–H and O–H groups in total. The van der Waals surface area contributed by atoms with Gasteiger partial charge in [-0.3, -0.25) is 4.79 Å². The van der Waals surface area contributed by atoms with Crippen LogP contribution in [0.3, 0.4) is 0 Å². The first-order chi connectivity index (χ1) is 8.97. The summed E-state index contributed by atoms with van der Waals surface area (Å²) in [5.74, 6) is -0.819. The van der Waals surface area contributed by atoms with Gasteiger partial charge in [-0.25, -0.2) is 4.39 Å². The molecule has 104 valence electrons. The van der Waals surface area contributed by atoms with Crippen LogP contribution in [0.4, 0.5) is 4.39 Å². The molecule has 4 nitrogen and oxygen atoms in total. The summed E-state index contributed by atoms with van der Waals surface area (Å²) in [5.41, 5.74) is 0.594. The highest BCUT2D eigenvalue weighted by atomic mass is 35.5. The summed E-state index contributed by atoms with van der Waals surface area (Å²) in [4.78, 5) is 11.8. The molecule has 0 bridgehead atoms. The van der Waals surface area contributed by atoms with E-state index in [9.17, 15) is 19.4 Å². The van der Waals surface area contributed by atoms with Gasteiger partial charge in [-0.2, -0.15) is 0 Å². The number of halogens is 2. The van der Waals surface area contributed by atoms with Gasteiger partial charge in [0.15, 0.2) is 0 Å². The molecule has 1 aliphatic carbocycles. The molecule has 6 heteroatoms. The Hall–Kier alpha value is -1.17. The fourth-order valence-electron chi connectivity index (χ4n) is 2.21. The van der Waals surface area contributed by atoms with Crippen molar-refractivity contribution in [2.75, 3.05) is 0 Å². The fraction of sp³-hybridized carbons (Fsp3) is 0.462. The van der Waals surface area contributed by atoms with Crippen LogP contribution in [0.5, 0.6) is 0 Å². The SMILES string of the molecule is O=C(Cc1ccc(F)c(Cl)c1)N[C@@H]1CC[C@@H](O)[C@@H]1O. The first-order valence-corrected chi connectivity index (χ1v) is 6.44. The summed E-state index contributed by atoms with van der Waals surface area (Å²) < 4.78 is 13.0. The standard InChI is InChI=1S/C13H15ClFNO3/c14-8-5-7(1-2-9(8)15)6-12(18)16-10-3-4-11(17)13(10)19/h1-2,5,10-11,13,17,19H,3-4,6H2,(H,16,18)/t10-,11-,13-/m1/s1. The Morgan fingerprint density at radius 3 is 2.74 bits per heavy atom. The Morgan fingerprint density at radius 2 is 2.16 bits per heavy atom. The number of hydrogen-bond acceptors (Lipinski definition) is 3. The van der Waals surface area contributed by atoms with Crippen molar-refractivity contribution in [1.29, 1.82) is 0 Å². The van der Waals surface area contributed by atoms with E-state index in [1.165, 1.54) is 18.2 Å². The van der Waals surface area contributed by atoms with E-state index in [0.717, 1.165) is 0 Å². The van der Waals surface area contributed by atoms with E-state index >= 15 is 0 Å². The predicted octanol–water partition coefficient (Wildman–Crippen LogP) is 1.02. The van der Waals surface area contributed by atoms with Gasteiger partial charge in [-0.05, 0) is 30.5 Å². The molecule has 1 aromatic carbocycles. The minimum Gasteiger partial charge on any atom is -0.390 e. The van der Waals surface area contributed by atoms with E-state index in [1.807, 2.05) is 0 Å². The second-order valence-electron chi connectivity index (χ2n) is 4.73. The number of hydrogen-bond donors (Lipinski definition) is 3. The lowest BCUT2D eigenvalue weighted by molar-refractivity contribution is -0.122. The van der Waals surface area contributed by atoms with Gasteiger partial charge in [0.2, 0.25) is 5.91 Å². The molecule has 2 rings (SSSR count). The zero-order valence-corrected chi connectivity index (χ0v) is 10.9. The number of amides is 1. The lowest BCUT2D eigenvalue weighted by Gasteiger charge is -2.18. The smallest absolute Gasteiger partial charge is 0.224 e. The number of carbonyl (C=O) groups excluding carboxylic acids is 1.